The van der Waals surface area contributed by atoms with Crippen molar-refractivity contribution in [1.29, 1.82) is 0 Å². The molecule has 1 N–H and O–H groups in total. The second-order valence-electron chi connectivity index (χ2n) is 4.38. The Balaban J connectivity index is 2.14. The summed E-state index contributed by atoms with van der Waals surface area (Å²) in [4.78, 5) is 0. The summed E-state index contributed by atoms with van der Waals surface area (Å²) in [5.74, 6) is 1.94. The van der Waals surface area contributed by atoms with Crippen LogP contribution in [0.3, 0.4) is 0 Å². The average Bonchev–Trinajstić information content (AvgIpc) is 2.98. The number of methoxy groups -OCH3 is 1. The Hall–Kier alpha value is -2.09. The van der Waals surface area contributed by atoms with Crippen LogP contribution in [0.2, 0.25) is 0 Å². The molecule has 0 aliphatic heterocycles. The number of hydrogen-bond acceptors (Lipinski definition) is 6. The largest absolute Gasteiger partial charge is 0.493 e. The molecule has 0 unspecified atom stereocenters. The van der Waals surface area contributed by atoms with Crippen molar-refractivity contribution in [2.45, 2.75) is 20.0 Å². The van der Waals surface area contributed by atoms with Gasteiger partial charge in [-0.3, -0.25) is 0 Å². The van der Waals surface area contributed by atoms with Gasteiger partial charge in [-0.05, 0) is 51.0 Å². The van der Waals surface area contributed by atoms with E-state index in [-0.39, 0.29) is 0 Å². The molecule has 0 radical (unpaired) electrons. The molecule has 0 spiro atoms. The number of aromatic nitrogens is 4. The maximum absolute atomic E-state index is 5.60. The number of benzene rings is 1. The van der Waals surface area contributed by atoms with Gasteiger partial charge in [0.15, 0.2) is 11.5 Å². The summed E-state index contributed by atoms with van der Waals surface area (Å²) in [6, 6.07) is 3.88. The van der Waals surface area contributed by atoms with E-state index >= 15 is 0 Å². The SMILES string of the molecule is C=CCOc1c(Br)cc(CNc2nnnn2CC)cc1OC. The second kappa shape index (κ2) is 7.79. The molecule has 0 aliphatic carbocycles. The molecule has 1 aromatic carbocycles. The number of nitrogens with zero attached hydrogens (tertiary/aromatic N) is 4. The van der Waals surface area contributed by atoms with E-state index in [1.807, 2.05) is 19.1 Å². The maximum Gasteiger partial charge on any atom is 0.243 e. The summed E-state index contributed by atoms with van der Waals surface area (Å²) in [6.07, 6.45) is 1.69. The van der Waals surface area contributed by atoms with Crippen LogP contribution in [0, 0.1) is 0 Å². The Morgan fingerprint density at radius 2 is 2.27 bits per heavy atom. The molecule has 0 aliphatic rings. The Morgan fingerprint density at radius 3 is 2.95 bits per heavy atom. The van der Waals surface area contributed by atoms with Gasteiger partial charge in [0.2, 0.25) is 5.95 Å². The van der Waals surface area contributed by atoms with Crippen LogP contribution in [0.25, 0.3) is 0 Å². The highest BCUT2D eigenvalue weighted by atomic mass is 79.9. The van der Waals surface area contributed by atoms with Gasteiger partial charge in [0.05, 0.1) is 11.6 Å². The molecule has 0 atom stereocenters. The van der Waals surface area contributed by atoms with Crippen molar-refractivity contribution in [3.8, 4) is 11.5 Å². The van der Waals surface area contributed by atoms with Gasteiger partial charge in [0.25, 0.3) is 0 Å². The number of tetrazole rings is 1. The number of nitrogens with one attached hydrogen (secondary N) is 1. The van der Waals surface area contributed by atoms with Crippen molar-refractivity contribution in [1.82, 2.24) is 20.2 Å². The molecule has 1 aromatic heterocycles. The number of ether oxygens (including phenoxy) is 2. The lowest BCUT2D eigenvalue weighted by Crippen LogP contribution is -2.08. The van der Waals surface area contributed by atoms with Gasteiger partial charge in [0, 0.05) is 13.1 Å². The summed E-state index contributed by atoms with van der Waals surface area (Å²) in [6.45, 7) is 7.31. The number of hydrogen-bond donors (Lipinski definition) is 1. The zero-order valence-corrected chi connectivity index (χ0v) is 14.1. The van der Waals surface area contributed by atoms with E-state index in [0.29, 0.717) is 37.1 Å². The lowest BCUT2D eigenvalue weighted by molar-refractivity contribution is 0.324. The molecule has 22 heavy (non-hydrogen) atoms. The maximum atomic E-state index is 5.60. The third-order valence-electron chi connectivity index (χ3n) is 2.92. The lowest BCUT2D eigenvalue weighted by Gasteiger charge is -2.14. The van der Waals surface area contributed by atoms with Crippen LogP contribution in [-0.2, 0) is 13.1 Å². The van der Waals surface area contributed by atoms with Gasteiger partial charge in [0.1, 0.15) is 6.61 Å². The van der Waals surface area contributed by atoms with Crippen LogP contribution < -0.4 is 14.8 Å². The molecule has 0 bridgehead atoms. The Bertz CT molecular complexity index is 644. The van der Waals surface area contributed by atoms with Crippen molar-refractivity contribution in [3.05, 3.63) is 34.8 Å². The summed E-state index contributed by atoms with van der Waals surface area (Å²) in [5, 5.41) is 14.6. The first-order chi connectivity index (χ1) is 10.7. The van der Waals surface area contributed by atoms with Gasteiger partial charge in [-0.25, -0.2) is 4.68 Å². The molecular weight excluding hydrogens is 350 g/mol. The number of halogens is 1. The fourth-order valence-corrected chi connectivity index (χ4v) is 2.49. The molecule has 1 heterocycles. The summed E-state index contributed by atoms with van der Waals surface area (Å²) in [5.41, 5.74) is 1.01. The van der Waals surface area contributed by atoms with E-state index in [1.54, 1.807) is 17.9 Å². The minimum absolute atomic E-state index is 0.415. The third-order valence-corrected chi connectivity index (χ3v) is 3.51. The standard InChI is InChI=1S/C14H18BrN5O2/c1-4-6-22-13-11(15)7-10(8-12(13)21-3)9-16-14-17-18-19-20(14)5-2/h4,7-8H,1,5-6,9H2,2-3H3,(H,16,17,19). The fourth-order valence-electron chi connectivity index (χ4n) is 1.88. The first-order valence-corrected chi connectivity index (χ1v) is 7.59. The first-order valence-electron chi connectivity index (χ1n) is 6.79. The van der Waals surface area contributed by atoms with Gasteiger partial charge >= 0.3 is 0 Å². The van der Waals surface area contributed by atoms with Crippen molar-refractivity contribution in [3.63, 3.8) is 0 Å². The van der Waals surface area contributed by atoms with E-state index in [4.69, 9.17) is 9.47 Å². The van der Waals surface area contributed by atoms with Crippen molar-refractivity contribution >= 4 is 21.9 Å². The Morgan fingerprint density at radius 1 is 1.45 bits per heavy atom. The molecule has 0 amide bonds. The molecular formula is C14H18BrN5O2. The average molecular weight is 368 g/mol. The molecule has 0 saturated heterocycles. The molecule has 0 fully saturated rings. The number of rotatable bonds is 8. The minimum Gasteiger partial charge on any atom is -0.493 e. The Kier molecular flexibility index (Phi) is 5.76. The van der Waals surface area contributed by atoms with Gasteiger partial charge in [-0.2, -0.15) is 0 Å². The molecule has 2 rings (SSSR count). The molecule has 8 heteroatoms. The van der Waals surface area contributed by atoms with E-state index in [2.05, 4.69) is 43.4 Å². The van der Waals surface area contributed by atoms with E-state index in [1.165, 1.54) is 0 Å². The third kappa shape index (κ3) is 3.76. The van der Waals surface area contributed by atoms with Crippen molar-refractivity contribution in [2.24, 2.45) is 0 Å². The van der Waals surface area contributed by atoms with Gasteiger partial charge in [-0.1, -0.05) is 17.8 Å². The van der Waals surface area contributed by atoms with E-state index in [9.17, 15) is 0 Å². The number of aryl methyl sites for hydroxylation is 1. The topological polar surface area (TPSA) is 74.1 Å². The zero-order chi connectivity index (χ0) is 15.9. The Labute approximate surface area is 137 Å². The van der Waals surface area contributed by atoms with Crippen LogP contribution in [0.1, 0.15) is 12.5 Å². The highest BCUT2D eigenvalue weighted by molar-refractivity contribution is 9.10. The van der Waals surface area contributed by atoms with Gasteiger partial charge in [-0.15, -0.1) is 0 Å². The van der Waals surface area contributed by atoms with Crippen LogP contribution >= 0.6 is 15.9 Å². The van der Waals surface area contributed by atoms with E-state index < -0.39 is 0 Å². The summed E-state index contributed by atoms with van der Waals surface area (Å²) in [7, 11) is 1.61. The molecule has 0 saturated carbocycles. The van der Waals surface area contributed by atoms with E-state index in [0.717, 1.165) is 10.0 Å². The highest BCUT2D eigenvalue weighted by Crippen LogP contribution is 2.36. The van der Waals surface area contributed by atoms with Gasteiger partial charge < -0.3 is 14.8 Å². The van der Waals surface area contributed by atoms with Crippen LogP contribution in [-0.4, -0.2) is 33.9 Å². The molecule has 2 aromatic rings. The summed E-state index contributed by atoms with van der Waals surface area (Å²) >= 11 is 3.50. The van der Waals surface area contributed by atoms with Crippen LogP contribution in [0.4, 0.5) is 5.95 Å². The van der Waals surface area contributed by atoms with Crippen LogP contribution in [0.5, 0.6) is 11.5 Å². The molecule has 118 valence electrons. The lowest BCUT2D eigenvalue weighted by atomic mass is 10.2. The molecule has 7 nitrogen and oxygen atoms in total. The van der Waals surface area contributed by atoms with Crippen molar-refractivity contribution in [2.75, 3.05) is 19.0 Å². The minimum atomic E-state index is 0.415. The predicted octanol–water partition coefficient (Wildman–Crippen LogP) is 2.64. The first kappa shape index (κ1) is 16.3. The summed E-state index contributed by atoms with van der Waals surface area (Å²) < 4.78 is 13.5. The number of anilines is 1. The zero-order valence-electron chi connectivity index (χ0n) is 12.5. The quantitative estimate of drug-likeness (QED) is 0.723. The fraction of sp³-hybridized carbons (Fsp3) is 0.357. The van der Waals surface area contributed by atoms with Crippen molar-refractivity contribution < 1.29 is 9.47 Å². The van der Waals surface area contributed by atoms with Crippen LogP contribution in [0.15, 0.2) is 29.3 Å². The predicted molar refractivity (Wildman–Crippen MR) is 87.2 cm³/mol. The smallest absolute Gasteiger partial charge is 0.243 e. The highest BCUT2D eigenvalue weighted by Gasteiger charge is 2.12. The second-order valence-corrected chi connectivity index (χ2v) is 5.23. The monoisotopic (exact) mass is 367 g/mol. The normalized spacial score (nSPS) is 10.3.